The number of hydrogen-bond donors (Lipinski definition) is 2. The topological polar surface area (TPSA) is 68.4 Å². The van der Waals surface area contributed by atoms with E-state index in [1.165, 1.54) is 49.5 Å². The van der Waals surface area contributed by atoms with Crippen molar-refractivity contribution in [1.82, 2.24) is 20.1 Å². The third kappa shape index (κ3) is 5.73. The normalized spacial score (nSPS) is 23.0. The number of ketones is 1. The van der Waals surface area contributed by atoms with Crippen LogP contribution in [0.5, 0.6) is 0 Å². The molecule has 6 rings (SSSR count). The average molecular weight is 603 g/mol. The molecule has 2 aliphatic heterocycles. The molecule has 2 bridgehead atoms. The standard InChI is InChI=1S/C36H50N4O2S/c1-7-22-17-23(8-2)19-26(18-22)32-27(13-16-40-14-11-24(12-15-40)35(42)39(5)6)28-20-30(43-34(28)38-32)36(3,4)33(41)31-25-9-10-29(31)37-21-25/h17-20,24-25,29,31,37-38H,7-16,21H2,1-6H3. The highest BCUT2D eigenvalue weighted by molar-refractivity contribution is 7.19. The SMILES string of the molecule is CCc1cc(CC)cc(-c2[nH]c3sc(C(C)(C)C(=O)C4C5CCC4NC5)cc3c2CCN2CCC(C(=O)N(C)C)CC2)c1. The highest BCUT2D eigenvalue weighted by Gasteiger charge is 2.50. The van der Waals surface area contributed by atoms with Gasteiger partial charge in [0.05, 0.1) is 11.1 Å². The number of aromatic nitrogens is 1. The summed E-state index contributed by atoms with van der Waals surface area (Å²) in [6.07, 6.45) is 7.16. The summed E-state index contributed by atoms with van der Waals surface area (Å²) < 4.78 is 0. The van der Waals surface area contributed by atoms with Gasteiger partial charge in [-0.15, -0.1) is 11.3 Å². The van der Waals surface area contributed by atoms with Gasteiger partial charge in [-0.1, -0.05) is 19.9 Å². The lowest BCUT2D eigenvalue weighted by atomic mass is 9.76. The zero-order valence-corrected chi connectivity index (χ0v) is 27.8. The lowest BCUT2D eigenvalue weighted by Crippen LogP contribution is -2.40. The van der Waals surface area contributed by atoms with E-state index in [4.69, 9.17) is 0 Å². The van der Waals surface area contributed by atoms with Crippen molar-refractivity contribution in [3.05, 3.63) is 45.8 Å². The smallest absolute Gasteiger partial charge is 0.225 e. The Labute approximate surface area is 261 Å². The molecule has 3 aromatic rings. The van der Waals surface area contributed by atoms with Crippen molar-refractivity contribution >= 4 is 33.2 Å². The van der Waals surface area contributed by atoms with Crippen molar-refractivity contribution in [3.63, 3.8) is 0 Å². The summed E-state index contributed by atoms with van der Waals surface area (Å²) in [6.45, 7) is 12.7. The number of benzene rings is 1. The molecule has 2 N–H and O–H groups in total. The van der Waals surface area contributed by atoms with Gasteiger partial charge in [0.1, 0.15) is 10.6 Å². The second-order valence-corrected chi connectivity index (χ2v) is 15.1. The Morgan fingerprint density at radius 1 is 1.00 bits per heavy atom. The molecule has 7 heteroatoms. The summed E-state index contributed by atoms with van der Waals surface area (Å²) in [5.41, 5.74) is 6.12. The van der Waals surface area contributed by atoms with E-state index in [0.717, 1.165) is 64.7 Å². The number of amides is 1. The van der Waals surface area contributed by atoms with E-state index in [0.29, 0.717) is 17.7 Å². The molecular formula is C36H50N4O2S. The summed E-state index contributed by atoms with van der Waals surface area (Å²) in [6, 6.07) is 9.75. The van der Waals surface area contributed by atoms with Gasteiger partial charge in [-0.05, 0) is 125 Å². The van der Waals surface area contributed by atoms with Gasteiger partial charge < -0.3 is 20.1 Å². The van der Waals surface area contributed by atoms with Gasteiger partial charge >= 0.3 is 0 Å². The van der Waals surface area contributed by atoms with Gasteiger partial charge in [0.15, 0.2) is 0 Å². The third-order valence-electron chi connectivity index (χ3n) is 10.8. The van der Waals surface area contributed by atoms with E-state index in [1.807, 2.05) is 14.1 Å². The Bertz CT molecular complexity index is 1450. The van der Waals surface area contributed by atoms with Gasteiger partial charge in [-0.25, -0.2) is 0 Å². The second-order valence-electron chi connectivity index (χ2n) is 14.0. The molecule has 1 aliphatic carbocycles. The summed E-state index contributed by atoms with van der Waals surface area (Å²) in [7, 11) is 3.73. The molecule has 2 aromatic heterocycles. The van der Waals surface area contributed by atoms with Crippen molar-refractivity contribution in [2.75, 3.05) is 40.3 Å². The van der Waals surface area contributed by atoms with Crippen LogP contribution < -0.4 is 5.32 Å². The number of carbonyl (C=O) groups is 2. The molecule has 1 amide bonds. The highest BCUT2D eigenvalue weighted by Crippen LogP contribution is 2.45. The Morgan fingerprint density at radius 3 is 2.26 bits per heavy atom. The number of likely N-dealkylation sites (tertiary alicyclic amines) is 1. The highest BCUT2D eigenvalue weighted by atomic mass is 32.1. The first-order chi connectivity index (χ1) is 20.6. The molecule has 43 heavy (non-hydrogen) atoms. The van der Waals surface area contributed by atoms with Crippen LogP contribution in [0, 0.1) is 17.8 Å². The minimum absolute atomic E-state index is 0.148. The number of hydrogen-bond acceptors (Lipinski definition) is 5. The number of fused-ring (bicyclic) bond motifs is 3. The number of nitrogens with one attached hydrogen (secondary N) is 2. The number of Topliss-reactive ketones (excluding diaryl/α,β-unsaturated/α-hetero) is 1. The molecule has 1 aromatic carbocycles. The van der Waals surface area contributed by atoms with E-state index in [1.54, 1.807) is 16.2 Å². The zero-order chi connectivity index (χ0) is 30.5. The Kier molecular flexibility index (Phi) is 8.62. The lowest BCUT2D eigenvalue weighted by Gasteiger charge is -2.32. The molecule has 6 nitrogen and oxygen atoms in total. The van der Waals surface area contributed by atoms with Crippen LogP contribution in [0.3, 0.4) is 0 Å². The van der Waals surface area contributed by atoms with Crippen LogP contribution in [0.25, 0.3) is 21.5 Å². The molecule has 2 saturated heterocycles. The van der Waals surface area contributed by atoms with E-state index >= 15 is 0 Å². The van der Waals surface area contributed by atoms with Crippen molar-refractivity contribution in [1.29, 1.82) is 0 Å². The minimum atomic E-state index is -0.502. The molecular weight excluding hydrogens is 552 g/mol. The fourth-order valence-electron chi connectivity index (χ4n) is 7.98. The second kappa shape index (κ2) is 12.1. The first kappa shape index (κ1) is 30.5. The molecule has 0 spiro atoms. The number of H-pyrrole nitrogens is 1. The van der Waals surface area contributed by atoms with E-state index < -0.39 is 5.41 Å². The average Bonchev–Trinajstić information content (AvgIpc) is 3.80. The largest absolute Gasteiger partial charge is 0.349 e. The minimum Gasteiger partial charge on any atom is -0.349 e. The number of aromatic amines is 1. The maximum absolute atomic E-state index is 14.0. The number of nitrogens with zero attached hydrogens (tertiary/aromatic N) is 2. The molecule has 3 fully saturated rings. The summed E-state index contributed by atoms with van der Waals surface area (Å²) in [4.78, 5) is 37.0. The summed E-state index contributed by atoms with van der Waals surface area (Å²) in [5.74, 6) is 1.47. The number of piperidine rings is 2. The predicted molar refractivity (Wildman–Crippen MR) is 178 cm³/mol. The van der Waals surface area contributed by atoms with E-state index in [9.17, 15) is 9.59 Å². The third-order valence-corrected chi connectivity index (χ3v) is 12.2. The molecule has 4 heterocycles. The molecule has 232 valence electrons. The quantitative estimate of drug-likeness (QED) is 0.290. The van der Waals surface area contributed by atoms with Crippen molar-refractivity contribution in [2.24, 2.45) is 17.8 Å². The monoisotopic (exact) mass is 602 g/mol. The number of carbonyl (C=O) groups excluding carboxylic acids is 2. The molecule has 1 saturated carbocycles. The van der Waals surface area contributed by atoms with Crippen LogP contribution in [-0.4, -0.2) is 72.8 Å². The Morgan fingerprint density at radius 2 is 1.70 bits per heavy atom. The molecule has 3 unspecified atom stereocenters. The van der Waals surface area contributed by atoms with E-state index in [-0.39, 0.29) is 17.7 Å². The number of rotatable bonds is 10. The van der Waals surface area contributed by atoms with Gasteiger partial charge in [0.2, 0.25) is 5.91 Å². The van der Waals surface area contributed by atoms with Crippen LogP contribution in [0.1, 0.15) is 74.9 Å². The van der Waals surface area contributed by atoms with Gasteiger partial charge in [-0.3, -0.25) is 9.59 Å². The van der Waals surface area contributed by atoms with Crippen LogP contribution in [-0.2, 0) is 34.3 Å². The van der Waals surface area contributed by atoms with Crippen LogP contribution in [0.4, 0.5) is 0 Å². The van der Waals surface area contributed by atoms with Crippen molar-refractivity contribution < 1.29 is 9.59 Å². The molecule has 3 atom stereocenters. The van der Waals surface area contributed by atoms with Gasteiger partial charge in [0.25, 0.3) is 0 Å². The fourth-order valence-corrected chi connectivity index (χ4v) is 9.17. The summed E-state index contributed by atoms with van der Waals surface area (Å²) >= 11 is 1.78. The van der Waals surface area contributed by atoms with E-state index in [2.05, 4.69) is 67.2 Å². The van der Waals surface area contributed by atoms with Gasteiger partial charge in [0, 0.05) is 48.8 Å². The first-order valence-corrected chi connectivity index (χ1v) is 17.4. The maximum Gasteiger partial charge on any atom is 0.225 e. The van der Waals surface area contributed by atoms with Crippen LogP contribution in [0.15, 0.2) is 24.3 Å². The predicted octanol–water partition coefficient (Wildman–Crippen LogP) is 6.21. The molecule has 0 radical (unpaired) electrons. The Hall–Kier alpha value is -2.48. The zero-order valence-electron chi connectivity index (χ0n) is 27.0. The van der Waals surface area contributed by atoms with Crippen molar-refractivity contribution in [3.8, 4) is 11.3 Å². The number of thiophene rings is 1. The maximum atomic E-state index is 14.0. The van der Waals surface area contributed by atoms with Crippen LogP contribution >= 0.6 is 11.3 Å². The Balaban J connectivity index is 1.31. The van der Waals surface area contributed by atoms with Gasteiger partial charge in [-0.2, -0.15) is 0 Å². The molecule has 3 aliphatic rings. The van der Waals surface area contributed by atoms with Crippen LogP contribution in [0.2, 0.25) is 0 Å². The van der Waals surface area contributed by atoms with Crippen molar-refractivity contribution in [2.45, 2.75) is 84.1 Å². The lowest BCUT2D eigenvalue weighted by molar-refractivity contribution is -0.134. The summed E-state index contributed by atoms with van der Waals surface area (Å²) in [5, 5.41) is 4.88. The first-order valence-electron chi connectivity index (χ1n) is 16.6. The number of aryl methyl sites for hydroxylation is 2. The fraction of sp³-hybridized carbons (Fsp3) is 0.611.